The number of carbonyl (C=O) groups excluding carboxylic acids is 2. The molecule has 0 aliphatic carbocycles. The molecule has 0 saturated carbocycles. The number of nitrogens with one attached hydrogen (secondary N) is 1. The zero-order chi connectivity index (χ0) is 8.32. The van der Waals surface area contributed by atoms with Gasteiger partial charge in [-0.1, -0.05) is 0 Å². The highest BCUT2D eigenvalue weighted by Gasteiger charge is 2.38. The van der Waals surface area contributed by atoms with Crippen LogP contribution in [0.2, 0.25) is 0 Å². The van der Waals surface area contributed by atoms with Gasteiger partial charge in [-0.25, -0.2) is 0 Å². The van der Waals surface area contributed by atoms with E-state index in [0.717, 1.165) is 6.42 Å². The van der Waals surface area contributed by atoms with Crippen LogP contribution >= 0.6 is 0 Å². The van der Waals surface area contributed by atoms with Crippen molar-refractivity contribution >= 4 is 12.4 Å². The summed E-state index contributed by atoms with van der Waals surface area (Å²) in [6, 6.07) is 0. The van der Waals surface area contributed by atoms with Gasteiger partial charge in [0.15, 0.2) is 0 Å². The van der Waals surface area contributed by atoms with Gasteiger partial charge in [-0.05, 0) is 13.3 Å². The number of amides is 1. The molecule has 1 aliphatic rings. The normalized spacial score (nSPS) is 29.7. The summed E-state index contributed by atoms with van der Waals surface area (Å²) in [5.74, 6) is -0.0284. The van der Waals surface area contributed by atoms with Gasteiger partial charge in [-0.2, -0.15) is 0 Å². The van der Waals surface area contributed by atoms with Gasteiger partial charge in [0, 0.05) is 6.54 Å². The summed E-state index contributed by atoms with van der Waals surface area (Å²) in [6.07, 6.45) is 0.736. The fraction of sp³-hybridized carbons (Fsp3) is 0.714. The van der Waals surface area contributed by atoms with Crippen LogP contribution in [0.5, 0.6) is 0 Å². The lowest BCUT2D eigenvalue weighted by Crippen LogP contribution is -2.32. The van der Waals surface area contributed by atoms with Crippen LogP contribution in [-0.2, 0) is 14.3 Å². The van der Waals surface area contributed by atoms with E-state index in [1.54, 1.807) is 6.92 Å². The Hall–Kier alpha value is -1.06. The van der Waals surface area contributed by atoms with Crippen molar-refractivity contribution in [2.45, 2.75) is 13.3 Å². The molecule has 1 atom stereocenters. The summed E-state index contributed by atoms with van der Waals surface area (Å²) in [6.45, 7) is 3.02. The summed E-state index contributed by atoms with van der Waals surface area (Å²) in [4.78, 5) is 21.0. The van der Waals surface area contributed by atoms with Crippen LogP contribution in [0.4, 0.5) is 0 Å². The van der Waals surface area contributed by atoms with E-state index in [1.165, 1.54) is 0 Å². The Balaban J connectivity index is 2.50. The molecule has 0 radical (unpaired) electrons. The first-order chi connectivity index (χ1) is 5.19. The van der Waals surface area contributed by atoms with Crippen molar-refractivity contribution in [3.63, 3.8) is 0 Å². The van der Waals surface area contributed by atoms with Crippen LogP contribution in [-0.4, -0.2) is 25.5 Å². The third kappa shape index (κ3) is 1.50. The Bertz CT molecular complexity index is 181. The van der Waals surface area contributed by atoms with E-state index in [2.05, 4.69) is 10.1 Å². The van der Waals surface area contributed by atoms with Gasteiger partial charge in [-0.15, -0.1) is 0 Å². The van der Waals surface area contributed by atoms with Crippen molar-refractivity contribution in [2.75, 3.05) is 13.2 Å². The summed E-state index contributed by atoms with van der Waals surface area (Å²) >= 11 is 0. The van der Waals surface area contributed by atoms with E-state index in [9.17, 15) is 9.59 Å². The molecule has 62 valence electrons. The molecule has 1 N–H and O–H groups in total. The average Bonchev–Trinajstić information content (AvgIpc) is 2.30. The molecule has 0 aromatic carbocycles. The molecule has 1 amide bonds. The molecular weight excluding hydrogens is 146 g/mol. The quantitative estimate of drug-likeness (QED) is 0.571. The molecule has 0 spiro atoms. The van der Waals surface area contributed by atoms with Crippen molar-refractivity contribution in [2.24, 2.45) is 5.41 Å². The smallest absolute Gasteiger partial charge is 0.293 e. The molecule has 1 fully saturated rings. The second kappa shape index (κ2) is 2.90. The number of hydrogen-bond acceptors (Lipinski definition) is 3. The first kappa shape index (κ1) is 8.04. The number of rotatable bonds is 3. The van der Waals surface area contributed by atoms with E-state index in [-0.39, 0.29) is 12.5 Å². The highest BCUT2D eigenvalue weighted by atomic mass is 16.5. The van der Waals surface area contributed by atoms with Crippen molar-refractivity contribution in [1.29, 1.82) is 0 Å². The zero-order valence-electron chi connectivity index (χ0n) is 6.42. The number of hydrogen-bond donors (Lipinski definition) is 1. The third-order valence-corrected chi connectivity index (χ3v) is 1.98. The first-order valence-corrected chi connectivity index (χ1v) is 3.52. The lowest BCUT2D eigenvalue weighted by Gasteiger charge is -2.17. The van der Waals surface area contributed by atoms with E-state index in [1.807, 2.05) is 0 Å². The Morgan fingerprint density at radius 2 is 2.55 bits per heavy atom. The Labute approximate surface area is 64.9 Å². The molecular formula is C7H11NO3. The summed E-state index contributed by atoms with van der Waals surface area (Å²) in [7, 11) is 0. The molecule has 4 nitrogen and oxygen atoms in total. The van der Waals surface area contributed by atoms with Gasteiger partial charge in [0.1, 0.15) is 6.61 Å². The van der Waals surface area contributed by atoms with Gasteiger partial charge in [0.2, 0.25) is 5.91 Å². The van der Waals surface area contributed by atoms with Crippen molar-refractivity contribution < 1.29 is 14.3 Å². The van der Waals surface area contributed by atoms with Gasteiger partial charge in [0.25, 0.3) is 6.47 Å². The molecule has 0 aromatic heterocycles. The average molecular weight is 157 g/mol. The largest absolute Gasteiger partial charge is 0.467 e. The monoisotopic (exact) mass is 157 g/mol. The molecule has 1 heterocycles. The number of carbonyl (C=O) groups is 2. The highest BCUT2D eigenvalue weighted by molar-refractivity contribution is 5.84. The number of ether oxygens (including phenoxy) is 1. The first-order valence-electron chi connectivity index (χ1n) is 3.52. The molecule has 11 heavy (non-hydrogen) atoms. The molecule has 0 bridgehead atoms. The van der Waals surface area contributed by atoms with Crippen molar-refractivity contribution in [3.8, 4) is 0 Å². The Morgan fingerprint density at radius 3 is 3.00 bits per heavy atom. The minimum absolute atomic E-state index is 0.0284. The minimum Gasteiger partial charge on any atom is -0.467 e. The third-order valence-electron chi connectivity index (χ3n) is 1.98. The maximum atomic E-state index is 11.1. The van der Waals surface area contributed by atoms with Crippen molar-refractivity contribution in [3.05, 3.63) is 0 Å². The molecule has 1 rings (SSSR count). The van der Waals surface area contributed by atoms with E-state index < -0.39 is 5.41 Å². The lowest BCUT2D eigenvalue weighted by atomic mass is 9.90. The van der Waals surface area contributed by atoms with Crippen molar-refractivity contribution in [1.82, 2.24) is 5.32 Å². The molecule has 0 aromatic rings. The van der Waals surface area contributed by atoms with Crippen LogP contribution in [0.1, 0.15) is 13.3 Å². The van der Waals surface area contributed by atoms with Gasteiger partial charge in [0.05, 0.1) is 5.41 Å². The predicted octanol–water partition coefficient (Wildman–Crippen LogP) is -0.314. The standard InChI is InChI=1S/C7H11NO3/c1-7(4-11-5-9)2-3-8-6(7)10/h5H,2-4H2,1H3,(H,8,10). The molecule has 4 heteroatoms. The summed E-state index contributed by atoms with van der Waals surface area (Å²) in [5.41, 5.74) is -0.499. The second-order valence-corrected chi connectivity index (χ2v) is 2.97. The fourth-order valence-corrected chi connectivity index (χ4v) is 1.13. The maximum absolute atomic E-state index is 11.1. The van der Waals surface area contributed by atoms with E-state index in [0.29, 0.717) is 13.0 Å². The van der Waals surface area contributed by atoms with Gasteiger partial charge >= 0.3 is 0 Å². The Kier molecular flexibility index (Phi) is 2.12. The summed E-state index contributed by atoms with van der Waals surface area (Å²) in [5, 5.41) is 2.68. The van der Waals surface area contributed by atoms with Crippen LogP contribution < -0.4 is 5.32 Å². The van der Waals surface area contributed by atoms with Gasteiger partial charge in [-0.3, -0.25) is 9.59 Å². The summed E-state index contributed by atoms with van der Waals surface area (Å²) < 4.78 is 4.55. The fourth-order valence-electron chi connectivity index (χ4n) is 1.13. The molecule has 1 aliphatic heterocycles. The lowest BCUT2D eigenvalue weighted by molar-refractivity contribution is -0.137. The highest BCUT2D eigenvalue weighted by Crippen LogP contribution is 2.25. The zero-order valence-corrected chi connectivity index (χ0v) is 6.42. The SMILES string of the molecule is CC1(COC=O)CCNC1=O. The predicted molar refractivity (Wildman–Crippen MR) is 37.7 cm³/mol. The second-order valence-electron chi connectivity index (χ2n) is 2.97. The maximum Gasteiger partial charge on any atom is 0.293 e. The topological polar surface area (TPSA) is 55.4 Å². The Morgan fingerprint density at radius 1 is 1.82 bits per heavy atom. The van der Waals surface area contributed by atoms with Gasteiger partial charge < -0.3 is 10.1 Å². The molecule has 1 unspecified atom stereocenters. The van der Waals surface area contributed by atoms with Crippen LogP contribution in [0.25, 0.3) is 0 Å². The van der Waals surface area contributed by atoms with Crippen LogP contribution in [0, 0.1) is 5.41 Å². The molecule has 1 saturated heterocycles. The van der Waals surface area contributed by atoms with Crippen LogP contribution in [0.15, 0.2) is 0 Å². The van der Waals surface area contributed by atoms with E-state index in [4.69, 9.17) is 0 Å². The minimum atomic E-state index is -0.499. The van der Waals surface area contributed by atoms with Crippen LogP contribution in [0.3, 0.4) is 0 Å². The van der Waals surface area contributed by atoms with E-state index >= 15 is 0 Å².